The summed E-state index contributed by atoms with van der Waals surface area (Å²) in [5.74, 6) is -0.387. The fraction of sp³-hybridized carbons (Fsp3) is 0.257. The van der Waals surface area contributed by atoms with Crippen molar-refractivity contribution in [2.75, 3.05) is 17.3 Å². The van der Waals surface area contributed by atoms with Gasteiger partial charge in [0.2, 0.25) is 5.91 Å². The first-order valence-electron chi connectivity index (χ1n) is 15.4. The average molecular weight is 637 g/mol. The van der Waals surface area contributed by atoms with Crippen molar-refractivity contribution in [2.45, 2.75) is 38.5 Å². The Morgan fingerprint density at radius 2 is 1.83 bits per heavy atom. The third kappa shape index (κ3) is 6.28. The van der Waals surface area contributed by atoms with Crippen LogP contribution in [0.1, 0.15) is 37.7 Å². The van der Waals surface area contributed by atoms with Gasteiger partial charge in [0.15, 0.2) is 0 Å². The maximum absolute atomic E-state index is 14.7. The van der Waals surface area contributed by atoms with E-state index in [9.17, 15) is 17.6 Å². The van der Waals surface area contributed by atoms with Gasteiger partial charge in [-0.05, 0) is 78.4 Å². The first-order valence-corrected chi connectivity index (χ1v) is 17.5. The van der Waals surface area contributed by atoms with Crippen LogP contribution in [0.5, 0.6) is 0 Å². The number of carbonyl (C=O) groups is 1. The minimum atomic E-state index is -3.18. The minimum Gasteiger partial charge on any atom is -0.353 e. The molecule has 0 aliphatic heterocycles. The molecule has 2 aromatic carbocycles. The summed E-state index contributed by atoms with van der Waals surface area (Å²) in [6.07, 6.45) is 9.99. The molecule has 0 saturated heterocycles. The number of sulfone groups is 1. The van der Waals surface area contributed by atoms with Crippen LogP contribution < -0.4 is 5.32 Å². The molecule has 3 N–H and O–H groups in total. The Morgan fingerprint density at radius 3 is 2.65 bits per heavy atom. The number of H-pyrrole nitrogens is 2. The highest BCUT2D eigenvalue weighted by molar-refractivity contribution is 7.90. The van der Waals surface area contributed by atoms with E-state index in [2.05, 4.69) is 25.5 Å². The molecule has 6 aromatic rings. The molecular weight excluding hydrogens is 603 g/mol. The molecule has 0 radical (unpaired) electrons. The maximum Gasteiger partial charge on any atom is 0.227 e. The molecule has 4 heterocycles. The van der Waals surface area contributed by atoms with E-state index in [1.807, 2.05) is 48.5 Å². The van der Waals surface area contributed by atoms with E-state index in [4.69, 9.17) is 4.98 Å². The first-order chi connectivity index (χ1) is 22.2. The molecule has 1 aliphatic rings. The SMILES string of the molecule is CS(=O)(=O)CCc1cc(F)cc(-c2cccc3[nH]c(-c4n[nH]c5ccc(-c6cncc(NC(=O)C7CCCCC7)c6)nc45)cc23)c1. The molecule has 7 rings (SSSR count). The molecule has 1 fully saturated rings. The third-order valence-corrected chi connectivity index (χ3v) is 9.58. The Hall–Kier alpha value is -4.90. The van der Waals surface area contributed by atoms with Crippen molar-refractivity contribution < 1.29 is 17.6 Å². The maximum atomic E-state index is 14.7. The van der Waals surface area contributed by atoms with Crippen LogP contribution >= 0.6 is 0 Å². The smallest absolute Gasteiger partial charge is 0.227 e. The van der Waals surface area contributed by atoms with Crippen LogP contribution in [0.15, 0.2) is 73.1 Å². The van der Waals surface area contributed by atoms with E-state index in [0.29, 0.717) is 33.7 Å². The van der Waals surface area contributed by atoms with Crippen molar-refractivity contribution in [3.05, 3.63) is 84.4 Å². The lowest BCUT2D eigenvalue weighted by Crippen LogP contribution is -2.24. The van der Waals surface area contributed by atoms with Gasteiger partial charge < -0.3 is 10.3 Å². The molecule has 1 aliphatic carbocycles. The number of halogens is 1. The number of aryl methyl sites for hydroxylation is 1. The van der Waals surface area contributed by atoms with Crippen LogP contribution in [0.4, 0.5) is 10.1 Å². The predicted molar refractivity (Wildman–Crippen MR) is 178 cm³/mol. The number of aromatic nitrogens is 5. The van der Waals surface area contributed by atoms with Crippen LogP contribution in [0.2, 0.25) is 0 Å². The normalized spacial score (nSPS) is 14.2. The van der Waals surface area contributed by atoms with Crippen molar-refractivity contribution in [3.63, 3.8) is 0 Å². The van der Waals surface area contributed by atoms with Gasteiger partial charge in [0.05, 0.1) is 34.5 Å². The number of rotatable bonds is 8. The van der Waals surface area contributed by atoms with E-state index < -0.39 is 15.7 Å². The van der Waals surface area contributed by atoms with Crippen LogP contribution in [0, 0.1) is 11.7 Å². The second-order valence-electron chi connectivity index (χ2n) is 12.1. The van der Waals surface area contributed by atoms with Crippen LogP contribution in [0.3, 0.4) is 0 Å². The van der Waals surface area contributed by atoms with Crippen molar-refractivity contribution in [1.82, 2.24) is 25.1 Å². The van der Waals surface area contributed by atoms with Gasteiger partial charge in [0, 0.05) is 34.8 Å². The zero-order chi connectivity index (χ0) is 31.8. The topological polar surface area (TPSA) is 133 Å². The molecule has 4 aromatic heterocycles. The van der Waals surface area contributed by atoms with E-state index >= 15 is 0 Å². The summed E-state index contributed by atoms with van der Waals surface area (Å²) in [6.45, 7) is 0. The largest absolute Gasteiger partial charge is 0.353 e. The van der Waals surface area contributed by atoms with Gasteiger partial charge in [0.1, 0.15) is 26.9 Å². The second kappa shape index (κ2) is 12.1. The predicted octanol–water partition coefficient (Wildman–Crippen LogP) is 7.08. The number of hydrogen-bond acceptors (Lipinski definition) is 6. The number of anilines is 1. The Balaban J connectivity index is 1.21. The number of hydrogen-bond donors (Lipinski definition) is 3. The summed E-state index contributed by atoms with van der Waals surface area (Å²) in [7, 11) is -3.18. The summed E-state index contributed by atoms with van der Waals surface area (Å²) in [5.41, 5.74) is 7.82. The van der Waals surface area contributed by atoms with Gasteiger partial charge in [-0.1, -0.05) is 37.5 Å². The Kier molecular flexibility index (Phi) is 7.85. The number of amides is 1. The summed E-state index contributed by atoms with van der Waals surface area (Å²) in [5, 5.41) is 11.6. The molecule has 11 heteroatoms. The highest BCUT2D eigenvalue weighted by atomic mass is 32.2. The van der Waals surface area contributed by atoms with Gasteiger partial charge in [-0.15, -0.1) is 0 Å². The average Bonchev–Trinajstić information content (AvgIpc) is 3.68. The Morgan fingerprint density at radius 1 is 0.978 bits per heavy atom. The van der Waals surface area contributed by atoms with Gasteiger partial charge in [0.25, 0.3) is 0 Å². The first kappa shape index (κ1) is 29.8. The molecule has 46 heavy (non-hydrogen) atoms. The lowest BCUT2D eigenvalue weighted by atomic mass is 9.88. The zero-order valence-electron chi connectivity index (χ0n) is 25.3. The summed E-state index contributed by atoms with van der Waals surface area (Å²) >= 11 is 0. The number of benzene rings is 2. The highest BCUT2D eigenvalue weighted by Gasteiger charge is 2.22. The van der Waals surface area contributed by atoms with Gasteiger partial charge in [-0.3, -0.25) is 14.9 Å². The van der Waals surface area contributed by atoms with Gasteiger partial charge >= 0.3 is 0 Å². The van der Waals surface area contributed by atoms with E-state index in [1.54, 1.807) is 12.4 Å². The Labute approximate surface area is 265 Å². The minimum absolute atomic E-state index is 0.0417. The summed E-state index contributed by atoms with van der Waals surface area (Å²) in [6, 6.07) is 18.1. The van der Waals surface area contributed by atoms with Crippen molar-refractivity contribution >= 4 is 43.4 Å². The highest BCUT2D eigenvalue weighted by Crippen LogP contribution is 2.35. The zero-order valence-corrected chi connectivity index (χ0v) is 26.1. The van der Waals surface area contributed by atoms with Crippen LogP contribution in [-0.4, -0.2) is 51.5 Å². The number of aromatic amines is 2. The van der Waals surface area contributed by atoms with E-state index in [0.717, 1.165) is 58.9 Å². The number of fused-ring (bicyclic) bond motifs is 2. The van der Waals surface area contributed by atoms with Crippen LogP contribution in [0.25, 0.3) is 55.7 Å². The molecule has 234 valence electrons. The molecule has 1 saturated carbocycles. The van der Waals surface area contributed by atoms with Crippen LogP contribution in [-0.2, 0) is 21.1 Å². The quantitative estimate of drug-likeness (QED) is 0.164. The molecular formula is C35H33FN6O3S. The summed E-state index contributed by atoms with van der Waals surface area (Å²) in [4.78, 5) is 25.6. The van der Waals surface area contributed by atoms with Crippen molar-refractivity contribution in [1.29, 1.82) is 0 Å². The number of carbonyl (C=O) groups excluding carboxylic acids is 1. The number of pyridine rings is 2. The summed E-state index contributed by atoms with van der Waals surface area (Å²) < 4.78 is 38.1. The lowest BCUT2D eigenvalue weighted by molar-refractivity contribution is -0.120. The third-order valence-electron chi connectivity index (χ3n) is 8.63. The molecule has 0 atom stereocenters. The Bertz CT molecular complexity index is 2200. The standard InChI is InChI=1S/C35H33FN6O3S/c1-46(44,45)13-12-21-14-23(16-25(36)15-21)27-8-5-9-30-28(27)18-32(39-30)34-33-31(41-42-34)11-10-29(40-33)24-17-26(20-37-19-24)38-35(43)22-6-3-2-4-7-22/h5,8-11,14-20,22,39H,2-4,6-7,12-13H2,1H3,(H,38,43)(H,41,42). The molecule has 0 bridgehead atoms. The van der Waals surface area contributed by atoms with Gasteiger partial charge in [-0.2, -0.15) is 5.10 Å². The monoisotopic (exact) mass is 636 g/mol. The second-order valence-corrected chi connectivity index (χ2v) is 14.4. The molecule has 0 unspecified atom stereocenters. The van der Waals surface area contributed by atoms with Gasteiger partial charge in [-0.25, -0.2) is 17.8 Å². The number of nitrogens with one attached hydrogen (secondary N) is 3. The van der Waals surface area contributed by atoms with Crippen molar-refractivity contribution in [3.8, 4) is 33.8 Å². The fourth-order valence-corrected chi connectivity index (χ4v) is 6.90. The van der Waals surface area contributed by atoms with Crippen molar-refractivity contribution in [2.24, 2.45) is 5.92 Å². The lowest BCUT2D eigenvalue weighted by Gasteiger charge is -2.20. The van der Waals surface area contributed by atoms with E-state index in [-0.39, 0.29) is 24.0 Å². The van der Waals surface area contributed by atoms with E-state index in [1.165, 1.54) is 24.8 Å². The molecule has 1 amide bonds. The molecule has 9 nitrogen and oxygen atoms in total. The molecule has 0 spiro atoms. The fourth-order valence-electron chi connectivity index (χ4n) is 6.29. The number of nitrogens with zero attached hydrogens (tertiary/aromatic N) is 3.